The number of nitrogens with one attached hydrogen (secondary N) is 2. The van der Waals surface area contributed by atoms with E-state index in [1.807, 2.05) is 18.2 Å². The fraction of sp³-hybridized carbons (Fsp3) is 0.333. The van der Waals surface area contributed by atoms with Crippen LogP contribution in [0.2, 0.25) is 5.02 Å². The molecule has 0 saturated heterocycles. The summed E-state index contributed by atoms with van der Waals surface area (Å²) in [5.74, 6) is -0.265. The summed E-state index contributed by atoms with van der Waals surface area (Å²) in [7, 11) is 0. The molecule has 0 atom stereocenters. The highest BCUT2D eigenvalue weighted by Gasteiger charge is 2.05. The van der Waals surface area contributed by atoms with Crippen molar-refractivity contribution in [3.63, 3.8) is 0 Å². The van der Waals surface area contributed by atoms with Gasteiger partial charge >= 0.3 is 0 Å². The molecule has 0 aromatic heterocycles. The van der Waals surface area contributed by atoms with Crippen molar-refractivity contribution >= 4 is 40.9 Å². The average molecular weight is 349 g/mol. The number of hydrogen-bond acceptors (Lipinski definition) is 2. The molecule has 1 amide bonds. The van der Waals surface area contributed by atoms with E-state index >= 15 is 0 Å². The first-order valence-electron chi connectivity index (χ1n) is 7.84. The van der Waals surface area contributed by atoms with Crippen molar-refractivity contribution in [1.29, 1.82) is 0 Å². The summed E-state index contributed by atoms with van der Waals surface area (Å²) in [5.41, 5.74) is 2.28. The quantitative estimate of drug-likeness (QED) is 0.475. The van der Waals surface area contributed by atoms with Crippen LogP contribution in [0.15, 0.2) is 42.0 Å². The van der Waals surface area contributed by atoms with Gasteiger partial charge in [-0.2, -0.15) is 0 Å². The Kier molecular flexibility index (Phi) is 7.30. The van der Waals surface area contributed by atoms with Crippen LogP contribution in [0.25, 0.3) is 6.08 Å². The van der Waals surface area contributed by atoms with Gasteiger partial charge in [-0.05, 0) is 62.0 Å². The second-order valence-electron chi connectivity index (χ2n) is 5.46. The zero-order valence-electron chi connectivity index (χ0n) is 13.0. The summed E-state index contributed by atoms with van der Waals surface area (Å²) < 4.78 is 0. The summed E-state index contributed by atoms with van der Waals surface area (Å²) in [6.45, 7) is 0.749. The minimum absolute atomic E-state index is 0.265. The van der Waals surface area contributed by atoms with Crippen molar-refractivity contribution in [1.82, 2.24) is 10.6 Å². The Labute approximate surface area is 147 Å². The smallest absolute Gasteiger partial charge is 0.250 e. The van der Waals surface area contributed by atoms with Crippen LogP contribution in [0.5, 0.6) is 0 Å². The molecule has 0 spiro atoms. The van der Waals surface area contributed by atoms with Crippen LogP contribution in [-0.4, -0.2) is 17.6 Å². The van der Waals surface area contributed by atoms with Crippen molar-refractivity contribution in [2.75, 3.05) is 6.54 Å². The molecule has 122 valence electrons. The van der Waals surface area contributed by atoms with E-state index in [-0.39, 0.29) is 5.91 Å². The second kappa shape index (κ2) is 9.48. The van der Waals surface area contributed by atoms with Crippen molar-refractivity contribution in [2.45, 2.75) is 32.1 Å². The Morgan fingerprint density at radius 3 is 2.87 bits per heavy atom. The van der Waals surface area contributed by atoms with Crippen molar-refractivity contribution in [2.24, 2.45) is 0 Å². The molecule has 0 heterocycles. The Bertz CT molecular complexity index is 625. The van der Waals surface area contributed by atoms with E-state index in [0.29, 0.717) is 10.1 Å². The first kappa shape index (κ1) is 17.7. The number of carbonyl (C=O) groups is 1. The third kappa shape index (κ3) is 6.55. The van der Waals surface area contributed by atoms with E-state index in [9.17, 15) is 4.79 Å². The molecule has 5 heteroatoms. The Morgan fingerprint density at radius 2 is 2.13 bits per heavy atom. The predicted octanol–water partition coefficient (Wildman–Crippen LogP) is 4.23. The van der Waals surface area contributed by atoms with Crippen LogP contribution in [-0.2, 0) is 4.79 Å². The van der Waals surface area contributed by atoms with Gasteiger partial charge in [0, 0.05) is 17.6 Å². The van der Waals surface area contributed by atoms with Crippen LogP contribution in [0.4, 0.5) is 0 Å². The second-order valence-corrected chi connectivity index (χ2v) is 6.27. The fourth-order valence-electron chi connectivity index (χ4n) is 2.44. The molecule has 23 heavy (non-hydrogen) atoms. The van der Waals surface area contributed by atoms with Crippen LogP contribution < -0.4 is 10.6 Å². The molecule has 0 fully saturated rings. The molecule has 1 aliphatic rings. The van der Waals surface area contributed by atoms with Gasteiger partial charge in [-0.25, -0.2) is 0 Å². The van der Waals surface area contributed by atoms with Gasteiger partial charge in [0.25, 0.3) is 0 Å². The van der Waals surface area contributed by atoms with E-state index < -0.39 is 0 Å². The summed E-state index contributed by atoms with van der Waals surface area (Å²) in [6, 6.07) is 7.35. The Morgan fingerprint density at radius 1 is 1.30 bits per heavy atom. The number of rotatable bonds is 5. The molecule has 1 aromatic carbocycles. The molecule has 3 nitrogen and oxygen atoms in total. The molecule has 0 radical (unpaired) electrons. The van der Waals surface area contributed by atoms with E-state index in [2.05, 4.69) is 16.7 Å². The zero-order valence-corrected chi connectivity index (χ0v) is 14.6. The van der Waals surface area contributed by atoms with Crippen molar-refractivity contribution < 1.29 is 4.79 Å². The number of carbonyl (C=O) groups excluding carboxylic acids is 1. The minimum Gasteiger partial charge on any atom is -0.362 e. The standard InChI is InChI=1S/C18H21ClN2OS/c19-16-9-5-4-8-15(16)10-11-17(22)21-18(23)20-13-12-14-6-2-1-3-7-14/h4-6,8-11H,1-3,7,12-13H2,(H2,20,21,22,23). The van der Waals surface area contributed by atoms with Gasteiger partial charge in [-0.15, -0.1) is 0 Å². The van der Waals surface area contributed by atoms with Gasteiger partial charge in [-0.1, -0.05) is 41.4 Å². The van der Waals surface area contributed by atoms with Crippen LogP contribution in [0.1, 0.15) is 37.7 Å². The molecule has 2 N–H and O–H groups in total. The summed E-state index contributed by atoms with van der Waals surface area (Å²) >= 11 is 11.2. The minimum atomic E-state index is -0.265. The fourth-order valence-corrected chi connectivity index (χ4v) is 2.84. The van der Waals surface area contributed by atoms with Crippen LogP contribution in [0.3, 0.4) is 0 Å². The van der Waals surface area contributed by atoms with Gasteiger partial charge in [0.1, 0.15) is 0 Å². The molecular weight excluding hydrogens is 328 g/mol. The highest BCUT2D eigenvalue weighted by Crippen LogP contribution is 2.19. The van der Waals surface area contributed by atoms with Crippen LogP contribution in [0, 0.1) is 0 Å². The Hall–Kier alpha value is -1.65. The summed E-state index contributed by atoms with van der Waals surface area (Å²) in [4.78, 5) is 11.8. The molecule has 1 aliphatic carbocycles. The summed E-state index contributed by atoms with van der Waals surface area (Å²) in [5, 5.41) is 6.67. The zero-order chi connectivity index (χ0) is 16.5. The number of hydrogen-bond donors (Lipinski definition) is 2. The Balaban J connectivity index is 1.71. The SMILES string of the molecule is O=C(C=Cc1ccccc1Cl)NC(=S)NCCC1=CCCCC1. The molecular formula is C18H21ClN2OS. The third-order valence-electron chi connectivity index (χ3n) is 3.67. The van der Waals surface area contributed by atoms with Crippen molar-refractivity contribution in [3.8, 4) is 0 Å². The highest BCUT2D eigenvalue weighted by molar-refractivity contribution is 7.80. The number of halogens is 1. The number of allylic oxidation sites excluding steroid dienone is 1. The summed E-state index contributed by atoms with van der Waals surface area (Å²) in [6.07, 6.45) is 11.3. The number of thiocarbonyl (C=S) groups is 1. The topological polar surface area (TPSA) is 41.1 Å². The molecule has 0 saturated carbocycles. The molecule has 2 rings (SSSR count). The monoisotopic (exact) mass is 348 g/mol. The maximum Gasteiger partial charge on any atom is 0.250 e. The highest BCUT2D eigenvalue weighted by atomic mass is 35.5. The van der Waals surface area contributed by atoms with Gasteiger partial charge in [0.2, 0.25) is 5.91 Å². The van der Waals surface area contributed by atoms with E-state index in [4.69, 9.17) is 23.8 Å². The van der Waals surface area contributed by atoms with Crippen LogP contribution >= 0.6 is 23.8 Å². The van der Waals surface area contributed by atoms with Gasteiger partial charge in [0.15, 0.2) is 5.11 Å². The maximum absolute atomic E-state index is 11.8. The van der Waals surface area contributed by atoms with E-state index in [1.54, 1.807) is 12.1 Å². The average Bonchev–Trinajstić information content (AvgIpc) is 2.55. The van der Waals surface area contributed by atoms with E-state index in [1.165, 1.54) is 37.3 Å². The lowest BCUT2D eigenvalue weighted by atomic mass is 9.97. The van der Waals surface area contributed by atoms with Gasteiger partial charge in [-0.3, -0.25) is 10.1 Å². The molecule has 1 aromatic rings. The third-order valence-corrected chi connectivity index (χ3v) is 4.26. The molecule has 0 bridgehead atoms. The van der Waals surface area contributed by atoms with Gasteiger partial charge < -0.3 is 5.32 Å². The number of amides is 1. The lowest BCUT2D eigenvalue weighted by Gasteiger charge is -2.13. The first-order chi connectivity index (χ1) is 11.1. The largest absolute Gasteiger partial charge is 0.362 e. The molecule has 0 aliphatic heterocycles. The molecule has 0 unspecified atom stereocenters. The van der Waals surface area contributed by atoms with Gasteiger partial charge in [0.05, 0.1) is 0 Å². The van der Waals surface area contributed by atoms with E-state index in [0.717, 1.165) is 18.5 Å². The predicted molar refractivity (Wildman–Crippen MR) is 100 cm³/mol. The first-order valence-corrected chi connectivity index (χ1v) is 8.63. The maximum atomic E-state index is 11.8. The van der Waals surface area contributed by atoms with Crippen molar-refractivity contribution in [3.05, 3.63) is 52.6 Å². The number of benzene rings is 1. The lowest BCUT2D eigenvalue weighted by molar-refractivity contribution is -0.115. The normalized spacial score (nSPS) is 14.4. The lowest BCUT2D eigenvalue weighted by Crippen LogP contribution is -2.38.